The van der Waals surface area contributed by atoms with E-state index in [9.17, 15) is 58.6 Å². The van der Waals surface area contributed by atoms with Crippen molar-refractivity contribution in [3.63, 3.8) is 0 Å². The molecule has 8 heterocycles. The maximum absolute atomic E-state index is 13.1. The van der Waals surface area contributed by atoms with Crippen LogP contribution in [-0.4, -0.2) is 103 Å². The predicted molar refractivity (Wildman–Crippen MR) is 97.6 cm³/mol. The van der Waals surface area contributed by atoms with Crippen molar-refractivity contribution >= 4 is 46.6 Å². The fraction of sp³-hybridized carbons (Fsp3) is 0.500. The molecule has 8 aliphatic rings. The van der Waals surface area contributed by atoms with Gasteiger partial charge in [0.1, 0.15) is 0 Å². The number of nitrogens with zero attached hydrogens (tertiary/aromatic N) is 2. The van der Waals surface area contributed by atoms with Gasteiger partial charge in [-0.3, -0.25) is 38.4 Å². The molecule has 8 saturated heterocycles. The lowest BCUT2D eigenvalue weighted by Gasteiger charge is -2.13. The van der Waals surface area contributed by atoms with Crippen LogP contribution in [-0.2, 0) is 136 Å². The van der Waals surface area contributed by atoms with Gasteiger partial charge in [0.2, 0.25) is 0 Å². The average Bonchev–Trinajstić information content (AvgIpc) is 3.92. The Morgan fingerprint density at radius 3 is 0.780 bits per heavy atom. The highest BCUT2D eigenvalue weighted by Gasteiger charge is 2.90. The van der Waals surface area contributed by atoms with Gasteiger partial charge in [0, 0.05) is 0 Å². The smallest absolute Gasteiger partial charge is 0.286 e. The second-order valence-corrected chi connectivity index (χ2v) is 9.49. The minimum absolute atomic E-state index is 1.69. The highest BCUT2D eigenvalue weighted by molar-refractivity contribution is 6.28. The van der Waals surface area contributed by atoms with E-state index in [1.165, 1.54) is 0 Å². The van der Waals surface area contributed by atoms with Crippen molar-refractivity contribution < 1.29 is 146 Å². The quantitative estimate of drug-likeness (QED) is 0.0391. The molecule has 0 aromatic heterocycles. The van der Waals surface area contributed by atoms with Crippen molar-refractivity contribution in [1.29, 1.82) is 0 Å². The molecule has 0 aliphatic carbocycles. The Morgan fingerprint density at radius 1 is 0.360 bits per heavy atom. The lowest BCUT2D eigenvalue weighted by Crippen LogP contribution is -2.57. The van der Waals surface area contributed by atoms with E-state index in [0.29, 0.717) is 0 Å². The van der Waals surface area contributed by atoms with Crippen LogP contribution in [0.4, 0.5) is 0 Å². The van der Waals surface area contributed by atoms with Crippen LogP contribution in [0.5, 0.6) is 0 Å². The molecule has 8 aliphatic heterocycles. The number of hydrogen-bond donors (Lipinski definition) is 0. The van der Waals surface area contributed by atoms with E-state index in [4.69, 9.17) is 0 Å². The molecule has 0 spiro atoms. The molecular formula is C16N2O32. The third kappa shape index (κ3) is 4.23. The summed E-state index contributed by atoms with van der Waals surface area (Å²) >= 11 is 0. The van der Waals surface area contributed by atoms with Crippen molar-refractivity contribution in [2.24, 2.45) is 0 Å². The lowest BCUT2D eigenvalue weighted by atomic mass is 9.94. The van der Waals surface area contributed by atoms with Gasteiger partial charge in [-0.15, -0.1) is 20.2 Å². The SMILES string of the molecule is O=C(O[N+](=O)[O-])C1(C(=O)C2(C(=O)C3(C(=O)C4(OOC5(C(=O)C6(C(=O)C7(C(=O)C8(C(=O)O[N+](=O)[O-])OO8)OO7)OO6)OO5)OO4)OO3)OO2)OO1. The summed E-state index contributed by atoms with van der Waals surface area (Å²) in [4.78, 5) is 207. The molecule has 0 aromatic rings. The van der Waals surface area contributed by atoms with Gasteiger partial charge in [0.15, 0.2) is 0 Å². The van der Waals surface area contributed by atoms with Crippen molar-refractivity contribution in [3.8, 4) is 0 Å². The maximum Gasteiger partial charge on any atom is 0.432 e. The molecule has 266 valence electrons. The van der Waals surface area contributed by atoms with Crippen LogP contribution >= 0.6 is 0 Å². The molecule has 8 rings (SSSR count). The monoisotopic (exact) mass is 732 g/mol. The molecule has 0 N–H and O–H groups in total. The third-order valence-corrected chi connectivity index (χ3v) is 6.63. The summed E-state index contributed by atoms with van der Waals surface area (Å²) in [6.45, 7) is 0. The normalized spacial score (nSPS) is 27.9. The van der Waals surface area contributed by atoms with Crippen molar-refractivity contribution in [1.82, 2.24) is 0 Å². The Labute approximate surface area is 260 Å². The van der Waals surface area contributed by atoms with Crippen LogP contribution in [0.25, 0.3) is 0 Å². The van der Waals surface area contributed by atoms with E-state index < -0.39 is 103 Å². The Balaban J connectivity index is 0.940. The van der Waals surface area contributed by atoms with Crippen LogP contribution in [0.1, 0.15) is 0 Å². The number of ketones is 6. The first-order valence-corrected chi connectivity index (χ1v) is 11.8. The van der Waals surface area contributed by atoms with E-state index in [0.717, 1.165) is 0 Å². The lowest BCUT2D eigenvalue weighted by molar-refractivity contribution is -0.730. The Kier molecular flexibility index (Phi) is 6.08. The predicted octanol–water partition coefficient (Wildman–Crippen LogP) is -7.00. The summed E-state index contributed by atoms with van der Waals surface area (Å²) in [5, 5.41) is 17.5. The van der Waals surface area contributed by atoms with Gasteiger partial charge in [-0.25, -0.2) is 9.68 Å². The molecule has 0 atom stereocenters. The van der Waals surface area contributed by atoms with E-state index in [-0.39, 0.29) is 0 Å². The summed E-state index contributed by atoms with van der Waals surface area (Å²) in [6, 6.07) is 0. The fourth-order valence-electron chi connectivity index (χ4n) is 3.73. The minimum atomic E-state index is -3.37. The van der Waals surface area contributed by atoms with Crippen LogP contribution in [0, 0.1) is 20.2 Å². The Bertz CT molecular complexity index is 1630. The summed E-state index contributed by atoms with van der Waals surface area (Å²) in [5.41, 5.74) is 0. The first kappa shape index (κ1) is 32.3. The molecule has 50 heavy (non-hydrogen) atoms. The second-order valence-electron chi connectivity index (χ2n) is 9.49. The molecular weight excluding hydrogens is 732 g/mol. The molecule has 34 nitrogen and oxygen atoms in total. The van der Waals surface area contributed by atoms with Crippen molar-refractivity contribution in [2.75, 3.05) is 0 Å². The van der Waals surface area contributed by atoms with E-state index >= 15 is 0 Å². The summed E-state index contributed by atoms with van der Waals surface area (Å²) in [7, 11) is 0. The Morgan fingerprint density at radius 2 is 0.580 bits per heavy atom. The number of carbonyl (C=O) groups excluding carboxylic acids is 8. The molecule has 0 radical (unpaired) electrons. The molecule has 0 amide bonds. The number of carbonyl (C=O) groups is 8. The summed E-state index contributed by atoms with van der Waals surface area (Å²) in [6.07, 6.45) is 0. The molecule has 0 bridgehead atoms. The number of hydrogen-bond acceptors (Lipinski definition) is 32. The fourth-order valence-corrected chi connectivity index (χ4v) is 3.73. The molecule has 0 unspecified atom stereocenters. The van der Waals surface area contributed by atoms with Gasteiger partial charge >= 0.3 is 80.3 Å². The number of rotatable bonds is 19. The average molecular weight is 732 g/mol. The first-order valence-electron chi connectivity index (χ1n) is 11.8. The largest absolute Gasteiger partial charge is 0.432 e. The standard InChI is InChI=1S/C16N2O32/c19-1(9(33-34-9)3(21)13(41-42-13)7(25)31-17(27)28)11(37-38-11)5(23)15(45-46-15)49-50-16(47-48-16)6(24)12(39-40-12)2(20)10(35-36-10)4(22)14(43-44-14)8(26)32-18(29)30. The van der Waals surface area contributed by atoms with E-state index in [1.807, 2.05) is 0 Å². The molecule has 0 aromatic carbocycles. The van der Waals surface area contributed by atoms with Gasteiger partial charge < -0.3 is 0 Å². The zero-order valence-electron chi connectivity index (χ0n) is 22.0. The highest BCUT2D eigenvalue weighted by Crippen LogP contribution is 2.54. The maximum atomic E-state index is 13.1. The van der Waals surface area contributed by atoms with Gasteiger partial charge in [-0.1, -0.05) is 0 Å². The van der Waals surface area contributed by atoms with Gasteiger partial charge in [-0.05, 0) is 0 Å². The highest BCUT2D eigenvalue weighted by atomic mass is 17.6. The Hall–Kier alpha value is -4.96. The second kappa shape index (κ2) is 9.42. The van der Waals surface area contributed by atoms with Crippen LogP contribution in [0.15, 0.2) is 0 Å². The van der Waals surface area contributed by atoms with Crippen LogP contribution in [0.2, 0.25) is 0 Å². The van der Waals surface area contributed by atoms with Gasteiger partial charge in [0.25, 0.3) is 23.1 Å². The van der Waals surface area contributed by atoms with E-state index in [1.54, 1.807) is 0 Å². The molecule has 0 saturated carbocycles. The van der Waals surface area contributed by atoms with Crippen molar-refractivity contribution in [2.45, 2.75) is 46.7 Å². The zero-order valence-corrected chi connectivity index (χ0v) is 22.0. The number of Topliss-reactive ketones (excluding diaryl/α,β-unsaturated/α-hetero) is 6. The molecule has 8 fully saturated rings. The summed E-state index contributed by atoms with van der Waals surface area (Å²) < 4.78 is 0. The summed E-state index contributed by atoms with van der Waals surface area (Å²) in [5.74, 6) is -43.0. The van der Waals surface area contributed by atoms with Crippen LogP contribution in [0.3, 0.4) is 0 Å². The van der Waals surface area contributed by atoms with Crippen LogP contribution < -0.4 is 0 Å². The minimum Gasteiger partial charge on any atom is -0.286 e. The van der Waals surface area contributed by atoms with Gasteiger partial charge in [0.05, 0.1) is 0 Å². The van der Waals surface area contributed by atoms with E-state index in [2.05, 4.69) is 97.7 Å². The molecule has 34 heteroatoms. The van der Waals surface area contributed by atoms with Crippen molar-refractivity contribution in [3.05, 3.63) is 20.2 Å². The third-order valence-electron chi connectivity index (χ3n) is 6.63. The topological polar surface area (TPSA) is 460 Å². The first-order chi connectivity index (χ1) is 23.5. The zero-order chi connectivity index (χ0) is 35.9. The van der Waals surface area contributed by atoms with Gasteiger partial charge in [-0.2, -0.15) is 88.0 Å².